The molecule has 1 aromatic carbocycles. The molecule has 0 bridgehead atoms. The maximum Gasteiger partial charge on any atom is 0.292 e. The van der Waals surface area contributed by atoms with Crippen LogP contribution in [0.5, 0.6) is 0 Å². The average Bonchev–Trinajstić information content (AvgIpc) is 2.37. The van der Waals surface area contributed by atoms with Crippen molar-refractivity contribution >= 4 is 41.3 Å². The summed E-state index contributed by atoms with van der Waals surface area (Å²) < 4.78 is 0. The zero-order valence-electron chi connectivity index (χ0n) is 12.7. The molecule has 0 radical (unpaired) electrons. The Bertz CT molecular complexity index is 481. The van der Waals surface area contributed by atoms with Crippen molar-refractivity contribution in [1.29, 1.82) is 0 Å². The molecule has 0 aliphatic heterocycles. The zero-order chi connectivity index (χ0) is 15.1. The molecular weight excluding hydrogens is 385 g/mol. The van der Waals surface area contributed by atoms with Gasteiger partial charge < -0.3 is 15.1 Å². The van der Waals surface area contributed by atoms with Gasteiger partial charge in [0.2, 0.25) is 0 Å². The standard InChI is InChI=1S/C13H21N5O2.HI/c1-16(2)13(17(3)4)15-10-9-14-11-7-5-6-8-12(11)18(19)20;/h5-8,14H,9-10H2,1-4H3;1H. The van der Waals surface area contributed by atoms with Crippen LogP contribution in [0.2, 0.25) is 0 Å². The third-order valence-electron chi connectivity index (χ3n) is 2.58. The highest BCUT2D eigenvalue weighted by atomic mass is 127. The number of anilines is 1. The Labute approximate surface area is 142 Å². The Morgan fingerprint density at radius 2 is 1.81 bits per heavy atom. The van der Waals surface area contributed by atoms with Gasteiger partial charge in [-0.05, 0) is 6.07 Å². The maximum atomic E-state index is 10.9. The molecule has 0 spiro atoms. The molecule has 1 N–H and O–H groups in total. The molecule has 1 aromatic rings. The summed E-state index contributed by atoms with van der Waals surface area (Å²) >= 11 is 0. The number of nitrogens with zero attached hydrogens (tertiary/aromatic N) is 4. The number of aliphatic imine (C=N–C) groups is 1. The molecule has 118 valence electrons. The number of guanidine groups is 1. The lowest BCUT2D eigenvalue weighted by molar-refractivity contribution is -0.384. The van der Waals surface area contributed by atoms with E-state index in [9.17, 15) is 10.1 Å². The third kappa shape index (κ3) is 6.15. The maximum absolute atomic E-state index is 10.9. The number of hydrogen-bond donors (Lipinski definition) is 1. The van der Waals surface area contributed by atoms with Gasteiger partial charge in [-0.2, -0.15) is 0 Å². The number of nitrogens with one attached hydrogen (secondary N) is 1. The summed E-state index contributed by atoms with van der Waals surface area (Å²) in [6, 6.07) is 6.60. The van der Waals surface area contributed by atoms with Crippen LogP contribution < -0.4 is 5.32 Å². The van der Waals surface area contributed by atoms with Crippen LogP contribution in [0.25, 0.3) is 0 Å². The monoisotopic (exact) mass is 407 g/mol. The lowest BCUT2D eigenvalue weighted by atomic mass is 10.2. The van der Waals surface area contributed by atoms with Crippen LogP contribution in [0, 0.1) is 10.1 Å². The summed E-state index contributed by atoms with van der Waals surface area (Å²) in [4.78, 5) is 18.8. The van der Waals surface area contributed by atoms with Gasteiger partial charge in [-0.15, -0.1) is 24.0 Å². The molecule has 0 heterocycles. The number of para-hydroxylation sites is 2. The van der Waals surface area contributed by atoms with Gasteiger partial charge in [0.15, 0.2) is 5.96 Å². The van der Waals surface area contributed by atoms with Crippen LogP contribution in [-0.4, -0.2) is 62.0 Å². The number of nitro groups is 1. The average molecular weight is 407 g/mol. The lowest BCUT2D eigenvalue weighted by Crippen LogP contribution is -2.35. The van der Waals surface area contributed by atoms with Crippen LogP contribution in [0.1, 0.15) is 0 Å². The molecule has 0 atom stereocenters. The zero-order valence-corrected chi connectivity index (χ0v) is 15.1. The van der Waals surface area contributed by atoms with Crippen LogP contribution in [-0.2, 0) is 0 Å². The third-order valence-corrected chi connectivity index (χ3v) is 2.58. The molecule has 7 nitrogen and oxygen atoms in total. The molecule has 0 aliphatic carbocycles. The number of hydrogen-bond acceptors (Lipinski definition) is 4. The quantitative estimate of drug-likeness (QED) is 0.202. The lowest BCUT2D eigenvalue weighted by Gasteiger charge is -2.22. The predicted octanol–water partition coefficient (Wildman–Crippen LogP) is 2.10. The highest BCUT2D eigenvalue weighted by Gasteiger charge is 2.11. The summed E-state index contributed by atoms with van der Waals surface area (Å²) in [5.41, 5.74) is 0.598. The Balaban J connectivity index is 0.00000400. The van der Waals surface area contributed by atoms with E-state index in [2.05, 4.69) is 10.3 Å². The van der Waals surface area contributed by atoms with Gasteiger partial charge in [0.1, 0.15) is 5.69 Å². The van der Waals surface area contributed by atoms with Gasteiger partial charge in [-0.1, -0.05) is 12.1 Å². The summed E-state index contributed by atoms with van der Waals surface area (Å²) in [7, 11) is 7.70. The molecule has 8 heteroatoms. The van der Waals surface area contributed by atoms with Crippen molar-refractivity contribution in [2.75, 3.05) is 46.6 Å². The van der Waals surface area contributed by atoms with Crippen molar-refractivity contribution < 1.29 is 4.92 Å². The Morgan fingerprint density at radius 1 is 1.24 bits per heavy atom. The van der Waals surface area contributed by atoms with Gasteiger partial charge in [0.05, 0.1) is 11.5 Å². The number of rotatable bonds is 5. The van der Waals surface area contributed by atoms with Gasteiger partial charge >= 0.3 is 0 Å². The Hall–Kier alpha value is -1.58. The van der Waals surface area contributed by atoms with Crippen molar-refractivity contribution in [1.82, 2.24) is 9.80 Å². The summed E-state index contributed by atoms with van der Waals surface area (Å²) in [5, 5.41) is 13.9. The topological polar surface area (TPSA) is 74.0 Å². The molecule has 0 saturated heterocycles. The number of nitro benzene ring substituents is 1. The van der Waals surface area contributed by atoms with Crippen LogP contribution >= 0.6 is 24.0 Å². The van der Waals surface area contributed by atoms with Gasteiger partial charge in [-0.25, -0.2) is 0 Å². The van der Waals surface area contributed by atoms with E-state index in [0.717, 1.165) is 5.96 Å². The first-order chi connectivity index (χ1) is 9.43. The van der Waals surface area contributed by atoms with Crippen molar-refractivity contribution in [3.05, 3.63) is 34.4 Å². The fourth-order valence-electron chi connectivity index (χ4n) is 1.81. The smallest absolute Gasteiger partial charge is 0.292 e. The second-order valence-corrected chi connectivity index (χ2v) is 4.67. The van der Waals surface area contributed by atoms with Crippen LogP contribution in [0.4, 0.5) is 11.4 Å². The molecule has 0 unspecified atom stereocenters. The molecule has 0 aromatic heterocycles. The van der Waals surface area contributed by atoms with Gasteiger partial charge in [0.25, 0.3) is 5.69 Å². The fraction of sp³-hybridized carbons (Fsp3) is 0.462. The van der Waals surface area contributed by atoms with E-state index in [-0.39, 0.29) is 29.7 Å². The highest BCUT2D eigenvalue weighted by Crippen LogP contribution is 2.22. The van der Waals surface area contributed by atoms with E-state index < -0.39 is 4.92 Å². The van der Waals surface area contributed by atoms with E-state index in [1.54, 1.807) is 18.2 Å². The Kier molecular flexibility index (Phi) is 8.67. The van der Waals surface area contributed by atoms with E-state index >= 15 is 0 Å². The van der Waals surface area contributed by atoms with Gasteiger partial charge in [-0.3, -0.25) is 15.1 Å². The van der Waals surface area contributed by atoms with E-state index in [4.69, 9.17) is 0 Å². The minimum absolute atomic E-state index is 0. The summed E-state index contributed by atoms with van der Waals surface area (Å²) in [6.07, 6.45) is 0. The number of halogens is 1. The molecule has 1 rings (SSSR count). The molecule has 0 aliphatic rings. The summed E-state index contributed by atoms with van der Waals surface area (Å²) in [6.45, 7) is 1.08. The summed E-state index contributed by atoms with van der Waals surface area (Å²) in [5.74, 6) is 0.856. The molecule has 0 amide bonds. The van der Waals surface area contributed by atoms with E-state index in [1.807, 2.05) is 38.0 Å². The van der Waals surface area contributed by atoms with Crippen molar-refractivity contribution in [2.45, 2.75) is 0 Å². The highest BCUT2D eigenvalue weighted by molar-refractivity contribution is 14.0. The largest absolute Gasteiger partial charge is 0.378 e. The minimum Gasteiger partial charge on any atom is -0.378 e. The number of benzene rings is 1. The minimum atomic E-state index is -0.392. The molecule has 0 saturated carbocycles. The SMILES string of the molecule is CN(C)C(=NCCNc1ccccc1[N+](=O)[O-])N(C)C.I. The second kappa shape index (κ2) is 9.37. The van der Waals surface area contributed by atoms with Crippen molar-refractivity contribution in [2.24, 2.45) is 4.99 Å². The molecule has 0 fully saturated rings. The van der Waals surface area contributed by atoms with Crippen molar-refractivity contribution in [3.8, 4) is 0 Å². The van der Waals surface area contributed by atoms with E-state index in [0.29, 0.717) is 18.8 Å². The predicted molar refractivity (Wildman–Crippen MR) is 96.7 cm³/mol. The normalized spacial score (nSPS) is 9.33. The molecular formula is C13H22IN5O2. The first-order valence-electron chi connectivity index (χ1n) is 6.30. The van der Waals surface area contributed by atoms with Gasteiger partial charge in [0, 0.05) is 40.8 Å². The second-order valence-electron chi connectivity index (χ2n) is 4.67. The Morgan fingerprint density at radius 3 is 2.33 bits per heavy atom. The van der Waals surface area contributed by atoms with E-state index in [1.165, 1.54) is 6.07 Å². The van der Waals surface area contributed by atoms with Crippen LogP contribution in [0.3, 0.4) is 0 Å². The first-order valence-corrected chi connectivity index (χ1v) is 6.30. The molecule has 21 heavy (non-hydrogen) atoms. The van der Waals surface area contributed by atoms with Crippen LogP contribution in [0.15, 0.2) is 29.3 Å². The first kappa shape index (κ1) is 19.4. The fourth-order valence-corrected chi connectivity index (χ4v) is 1.81. The van der Waals surface area contributed by atoms with Crippen molar-refractivity contribution in [3.63, 3.8) is 0 Å².